The zero-order valence-corrected chi connectivity index (χ0v) is 13.1. The first-order chi connectivity index (χ1) is 9.06. The fourth-order valence-corrected chi connectivity index (χ4v) is 4.50. The molecule has 0 N–H and O–H groups in total. The van der Waals surface area contributed by atoms with Gasteiger partial charge >= 0.3 is 0 Å². The summed E-state index contributed by atoms with van der Waals surface area (Å²) in [5.41, 5.74) is 0.733. The number of benzene rings is 1. The number of carbonyl (C=O) groups is 1. The Morgan fingerprint density at radius 3 is 2.89 bits per heavy atom. The fraction of sp³-hybridized carbons (Fsp3) is 0.562. The Morgan fingerprint density at radius 2 is 2.21 bits per heavy atom. The van der Waals surface area contributed by atoms with Crippen LogP contribution in [0.3, 0.4) is 0 Å². The lowest BCUT2D eigenvalue weighted by atomic mass is 9.91. The summed E-state index contributed by atoms with van der Waals surface area (Å²) in [7, 11) is 0. The number of ketones is 1. The number of Topliss-reactive ketones (excluding diaryl/α,β-unsaturated/α-hetero) is 1. The number of halogens is 1. The van der Waals surface area contributed by atoms with Gasteiger partial charge in [-0.2, -0.15) is 0 Å². The molecule has 0 aliphatic heterocycles. The van der Waals surface area contributed by atoms with E-state index >= 15 is 0 Å². The second kappa shape index (κ2) is 6.81. The van der Waals surface area contributed by atoms with Crippen LogP contribution in [0, 0.1) is 5.92 Å². The first kappa shape index (κ1) is 14.9. The average Bonchev–Trinajstić information content (AvgIpc) is 2.38. The molecule has 0 amide bonds. The minimum atomic E-state index is 0.0220. The summed E-state index contributed by atoms with van der Waals surface area (Å²) in [4.78, 5) is 12.4. The van der Waals surface area contributed by atoms with Gasteiger partial charge in [0.1, 0.15) is 0 Å². The maximum Gasteiger partial charge on any atom is 0.175 e. The molecule has 1 saturated carbocycles. The molecule has 3 unspecified atom stereocenters. The molecule has 0 aromatic heterocycles. The predicted molar refractivity (Wildman–Crippen MR) is 84.3 cm³/mol. The standard InChI is InChI=1S/C16H21ClOS/c1-11-5-3-8-15(9-11)19-12(2)16(18)13-6-4-7-14(17)10-13/h4,6-7,10-12,15H,3,5,8-9H2,1-2H3. The van der Waals surface area contributed by atoms with E-state index in [-0.39, 0.29) is 11.0 Å². The lowest BCUT2D eigenvalue weighted by molar-refractivity contribution is 0.0993. The minimum absolute atomic E-state index is 0.0220. The molecule has 1 aliphatic rings. The van der Waals surface area contributed by atoms with Crippen molar-refractivity contribution in [3.63, 3.8) is 0 Å². The molecule has 0 heterocycles. The van der Waals surface area contributed by atoms with Crippen LogP contribution in [0.1, 0.15) is 49.9 Å². The van der Waals surface area contributed by atoms with E-state index in [1.54, 1.807) is 12.1 Å². The van der Waals surface area contributed by atoms with Crippen molar-refractivity contribution in [3.05, 3.63) is 34.9 Å². The van der Waals surface area contributed by atoms with E-state index in [0.29, 0.717) is 10.3 Å². The van der Waals surface area contributed by atoms with E-state index in [9.17, 15) is 4.79 Å². The van der Waals surface area contributed by atoms with Crippen molar-refractivity contribution in [2.45, 2.75) is 50.0 Å². The first-order valence-corrected chi connectivity index (χ1v) is 8.33. The van der Waals surface area contributed by atoms with Crippen LogP contribution < -0.4 is 0 Å². The second-order valence-electron chi connectivity index (χ2n) is 5.55. The topological polar surface area (TPSA) is 17.1 Å². The van der Waals surface area contributed by atoms with Crippen molar-refractivity contribution < 1.29 is 4.79 Å². The van der Waals surface area contributed by atoms with Gasteiger partial charge in [-0.25, -0.2) is 0 Å². The van der Waals surface area contributed by atoms with E-state index in [4.69, 9.17) is 11.6 Å². The smallest absolute Gasteiger partial charge is 0.175 e. The average molecular weight is 297 g/mol. The van der Waals surface area contributed by atoms with Crippen LogP contribution in [0.25, 0.3) is 0 Å². The summed E-state index contributed by atoms with van der Waals surface area (Å²) in [6.07, 6.45) is 5.14. The summed E-state index contributed by atoms with van der Waals surface area (Å²) < 4.78 is 0. The lowest BCUT2D eigenvalue weighted by Gasteiger charge is -2.28. The van der Waals surface area contributed by atoms with Gasteiger partial charge in [-0.1, -0.05) is 43.5 Å². The zero-order valence-electron chi connectivity index (χ0n) is 11.6. The summed E-state index contributed by atoms with van der Waals surface area (Å²) in [6.45, 7) is 4.34. The second-order valence-corrected chi connectivity index (χ2v) is 7.63. The molecule has 2 rings (SSSR count). The molecule has 1 aliphatic carbocycles. The van der Waals surface area contributed by atoms with Gasteiger partial charge in [-0.15, -0.1) is 11.8 Å². The van der Waals surface area contributed by atoms with Crippen molar-refractivity contribution in [1.82, 2.24) is 0 Å². The number of carbonyl (C=O) groups excluding carboxylic acids is 1. The maximum atomic E-state index is 12.4. The Bertz CT molecular complexity index is 446. The monoisotopic (exact) mass is 296 g/mol. The lowest BCUT2D eigenvalue weighted by Crippen LogP contribution is -2.22. The Kier molecular flexibility index (Phi) is 5.35. The molecule has 19 heavy (non-hydrogen) atoms. The third-order valence-corrected chi connectivity index (χ3v) is 5.43. The van der Waals surface area contributed by atoms with Crippen molar-refractivity contribution >= 4 is 29.1 Å². The highest BCUT2D eigenvalue weighted by Gasteiger charge is 2.24. The Morgan fingerprint density at radius 1 is 1.42 bits per heavy atom. The molecule has 0 radical (unpaired) electrons. The van der Waals surface area contributed by atoms with Gasteiger partial charge < -0.3 is 0 Å². The summed E-state index contributed by atoms with van der Waals surface area (Å²) >= 11 is 7.79. The first-order valence-electron chi connectivity index (χ1n) is 7.01. The van der Waals surface area contributed by atoms with Gasteiger partial charge in [0.2, 0.25) is 0 Å². The molecule has 0 spiro atoms. The van der Waals surface area contributed by atoms with Gasteiger partial charge in [-0.05, 0) is 37.8 Å². The van der Waals surface area contributed by atoms with E-state index in [0.717, 1.165) is 11.5 Å². The number of hydrogen-bond donors (Lipinski definition) is 0. The van der Waals surface area contributed by atoms with Gasteiger partial charge in [0.15, 0.2) is 5.78 Å². The summed E-state index contributed by atoms with van der Waals surface area (Å²) in [5.74, 6) is 1.01. The molecule has 1 aromatic rings. The van der Waals surface area contributed by atoms with Crippen LogP contribution in [0.5, 0.6) is 0 Å². The molecular formula is C16H21ClOS. The van der Waals surface area contributed by atoms with Crippen LogP contribution in [0.4, 0.5) is 0 Å². The van der Waals surface area contributed by atoms with E-state index in [1.807, 2.05) is 30.8 Å². The van der Waals surface area contributed by atoms with Crippen LogP contribution >= 0.6 is 23.4 Å². The molecule has 104 valence electrons. The Balaban J connectivity index is 1.95. The molecule has 1 fully saturated rings. The molecule has 0 saturated heterocycles. The van der Waals surface area contributed by atoms with E-state index in [1.165, 1.54) is 25.7 Å². The Hall–Kier alpha value is -0.470. The fourth-order valence-electron chi connectivity index (χ4n) is 2.73. The maximum absolute atomic E-state index is 12.4. The predicted octanol–water partition coefficient (Wildman–Crippen LogP) is 5.22. The largest absolute Gasteiger partial charge is 0.293 e. The number of rotatable bonds is 4. The molecular weight excluding hydrogens is 276 g/mol. The SMILES string of the molecule is CC1CCCC(SC(C)C(=O)c2cccc(Cl)c2)C1. The number of hydrogen-bond acceptors (Lipinski definition) is 2. The van der Waals surface area contributed by atoms with Crippen LogP contribution in [0.2, 0.25) is 5.02 Å². The van der Waals surface area contributed by atoms with Crippen LogP contribution in [-0.4, -0.2) is 16.3 Å². The molecule has 1 nitrogen and oxygen atoms in total. The summed E-state index contributed by atoms with van der Waals surface area (Å²) in [6, 6.07) is 7.27. The quantitative estimate of drug-likeness (QED) is 0.708. The van der Waals surface area contributed by atoms with E-state index < -0.39 is 0 Å². The van der Waals surface area contributed by atoms with Crippen LogP contribution in [0.15, 0.2) is 24.3 Å². The van der Waals surface area contributed by atoms with Gasteiger partial charge in [0.05, 0.1) is 5.25 Å². The van der Waals surface area contributed by atoms with Crippen molar-refractivity contribution in [2.75, 3.05) is 0 Å². The minimum Gasteiger partial charge on any atom is -0.293 e. The van der Waals surface area contributed by atoms with Crippen LogP contribution in [-0.2, 0) is 0 Å². The molecule has 3 heteroatoms. The highest BCUT2D eigenvalue weighted by molar-refractivity contribution is 8.01. The normalized spacial score (nSPS) is 25.0. The highest BCUT2D eigenvalue weighted by atomic mass is 35.5. The molecule has 3 atom stereocenters. The Labute approximate surface area is 125 Å². The van der Waals surface area contributed by atoms with Crippen molar-refractivity contribution in [1.29, 1.82) is 0 Å². The summed E-state index contributed by atoms with van der Waals surface area (Å²) in [5, 5.41) is 1.30. The van der Waals surface area contributed by atoms with Gasteiger partial charge in [0, 0.05) is 15.8 Å². The number of thioether (sulfide) groups is 1. The van der Waals surface area contributed by atoms with Gasteiger partial charge in [0.25, 0.3) is 0 Å². The van der Waals surface area contributed by atoms with Gasteiger partial charge in [-0.3, -0.25) is 4.79 Å². The van der Waals surface area contributed by atoms with Crippen molar-refractivity contribution in [2.24, 2.45) is 5.92 Å². The highest BCUT2D eigenvalue weighted by Crippen LogP contribution is 2.35. The third-order valence-electron chi connectivity index (χ3n) is 3.76. The third kappa shape index (κ3) is 4.25. The van der Waals surface area contributed by atoms with Crippen molar-refractivity contribution in [3.8, 4) is 0 Å². The molecule has 1 aromatic carbocycles. The molecule has 0 bridgehead atoms. The van der Waals surface area contributed by atoms with E-state index in [2.05, 4.69) is 6.92 Å². The zero-order chi connectivity index (χ0) is 13.8.